The summed E-state index contributed by atoms with van der Waals surface area (Å²) < 4.78 is 0. The van der Waals surface area contributed by atoms with E-state index < -0.39 is 0 Å². The molecule has 0 radical (unpaired) electrons. The molecule has 1 fully saturated rings. The minimum atomic E-state index is 0.781. The first kappa shape index (κ1) is 12.6. The van der Waals surface area contributed by atoms with Crippen LogP contribution in [0.5, 0.6) is 0 Å². The van der Waals surface area contributed by atoms with Gasteiger partial charge in [0.05, 0.1) is 0 Å². The Kier molecular flexibility index (Phi) is 4.61. The molecule has 1 aliphatic carbocycles. The van der Waals surface area contributed by atoms with Gasteiger partial charge in [0.25, 0.3) is 0 Å². The van der Waals surface area contributed by atoms with Gasteiger partial charge >= 0.3 is 0 Å². The van der Waals surface area contributed by atoms with Crippen molar-refractivity contribution in [2.45, 2.75) is 52.0 Å². The van der Waals surface area contributed by atoms with Gasteiger partial charge in [0.2, 0.25) is 0 Å². The molecule has 0 heterocycles. The maximum atomic E-state index is 3.76. The van der Waals surface area contributed by atoms with Crippen LogP contribution in [0.25, 0.3) is 0 Å². The van der Waals surface area contributed by atoms with Gasteiger partial charge in [0.1, 0.15) is 0 Å². The molecule has 1 saturated carbocycles. The van der Waals surface area contributed by atoms with Crippen LogP contribution in [0, 0.1) is 12.8 Å². The van der Waals surface area contributed by atoms with Gasteiger partial charge in [-0.3, -0.25) is 0 Å². The zero-order valence-corrected chi connectivity index (χ0v) is 11.2. The SMILES string of the molecule is CCC1CCCC1NCCc1ccccc1C. The normalized spacial score (nSPS) is 24.1. The van der Waals surface area contributed by atoms with Gasteiger partial charge in [-0.25, -0.2) is 0 Å². The third-order valence-corrected chi connectivity index (χ3v) is 4.25. The highest BCUT2D eigenvalue weighted by Gasteiger charge is 2.24. The molecule has 0 bridgehead atoms. The lowest BCUT2D eigenvalue weighted by atomic mass is 10.00. The molecule has 0 amide bonds. The molecule has 0 saturated heterocycles. The summed E-state index contributed by atoms with van der Waals surface area (Å²) in [5.74, 6) is 0.923. The highest BCUT2D eigenvalue weighted by Crippen LogP contribution is 2.27. The number of benzene rings is 1. The minimum Gasteiger partial charge on any atom is -0.313 e. The predicted molar refractivity (Wildman–Crippen MR) is 74.3 cm³/mol. The summed E-state index contributed by atoms with van der Waals surface area (Å²) in [5.41, 5.74) is 2.92. The van der Waals surface area contributed by atoms with Crippen molar-refractivity contribution in [1.29, 1.82) is 0 Å². The molecular weight excluding hydrogens is 206 g/mol. The Balaban J connectivity index is 1.78. The van der Waals surface area contributed by atoms with Crippen molar-refractivity contribution in [2.24, 2.45) is 5.92 Å². The maximum absolute atomic E-state index is 3.76. The van der Waals surface area contributed by atoms with Crippen LogP contribution < -0.4 is 5.32 Å². The molecule has 0 aromatic heterocycles. The second kappa shape index (κ2) is 6.20. The van der Waals surface area contributed by atoms with E-state index in [4.69, 9.17) is 0 Å². The lowest BCUT2D eigenvalue weighted by Gasteiger charge is -2.19. The summed E-state index contributed by atoms with van der Waals surface area (Å²) in [6.45, 7) is 5.66. The van der Waals surface area contributed by atoms with Gasteiger partial charge in [-0.05, 0) is 49.8 Å². The number of hydrogen-bond acceptors (Lipinski definition) is 1. The molecule has 1 aromatic rings. The Hall–Kier alpha value is -0.820. The van der Waals surface area contributed by atoms with E-state index in [9.17, 15) is 0 Å². The smallest absolute Gasteiger partial charge is 0.00953 e. The molecule has 2 atom stereocenters. The van der Waals surface area contributed by atoms with Crippen molar-refractivity contribution in [2.75, 3.05) is 6.54 Å². The molecule has 2 rings (SSSR count). The van der Waals surface area contributed by atoms with E-state index in [0.29, 0.717) is 0 Å². The van der Waals surface area contributed by atoms with E-state index >= 15 is 0 Å². The average molecular weight is 231 g/mol. The largest absolute Gasteiger partial charge is 0.313 e. The minimum absolute atomic E-state index is 0.781. The standard InChI is InChI=1S/C16H25N/c1-3-14-9-6-10-16(14)17-12-11-15-8-5-4-7-13(15)2/h4-5,7-8,14,16-17H,3,6,9-12H2,1-2H3. The monoisotopic (exact) mass is 231 g/mol. The number of nitrogens with one attached hydrogen (secondary N) is 1. The highest BCUT2D eigenvalue weighted by molar-refractivity contribution is 5.25. The summed E-state index contributed by atoms with van der Waals surface area (Å²) in [6.07, 6.45) is 6.73. The van der Waals surface area contributed by atoms with Crippen LogP contribution in [-0.2, 0) is 6.42 Å². The number of hydrogen-bond donors (Lipinski definition) is 1. The van der Waals surface area contributed by atoms with Crippen molar-refractivity contribution in [3.8, 4) is 0 Å². The van der Waals surface area contributed by atoms with Gasteiger partial charge in [0.15, 0.2) is 0 Å². The van der Waals surface area contributed by atoms with Crippen LogP contribution in [0.2, 0.25) is 0 Å². The second-order valence-electron chi connectivity index (χ2n) is 5.34. The molecule has 1 nitrogen and oxygen atoms in total. The summed E-state index contributed by atoms with van der Waals surface area (Å²) in [4.78, 5) is 0. The fourth-order valence-electron chi connectivity index (χ4n) is 3.08. The lowest BCUT2D eigenvalue weighted by molar-refractivity contribution is 0.393. The van der Waals surface area contributed by atoms with E-state index in [1.165, 1.54) is 43.2 Å². The molecule has 1 N–H and O–H groups in total. The van der Waals surface area contributed by atoms with E-state index in [2.05, 4.69) is 43.4 Å². The van der Waals surface area contributed by atoms with E-state index in [1.54, 1.807) is 0 Å². The molecule has 17 heavy (non-hydrogen) atoms. The van der Waals surface area contributed by atoms with Crippen molar-refractivity contribution < 1.29 is 0 Å². The Bertz CT molecular complexity index is 345. The van der Waals surface area contributed by atoms with Crippen molar-refractivity contribution in [1.82, 2.24) is 5.32 Å². The third-order valence-electron chi connectivity index (χ3n) is 4.25. The number of aryl methyl sites for hydroxylation is 1. The van der Waals surface area contributed by atoms with Crippen molar-refractivity contribution >= 4 is 0 Å². The first-order valence-electron chi connectivity index (χ1n) is 7.09. The first-order chi connectivity index (χ1) is 8.31. The molecule has 94 valence electrons. The predicted octanol–water partition coefficient (Wildman–Crippen LogP) is 3.71. The zero-order chi connectivity index (χ0) is 12.1. The Morgan fingerprint density at radius 2 is 2.06 bits per heavy atom. The maximum Gasteiger partial charge on any atom is 0.00953 e. The Labute approximate surface area is 106 Å². The van der Waals surface area contributed by atoms with Crippen molar-refractivity contribution in [3.05, 3.63) is 35.4 Å². The fraction of sp³-hybridized carbons (Fsp3) is 0.625. The summed E-state index contributed by atoms with van der Waals surface area (Å²) >= 11 is 0. The summed E-state index contributed by atoms with van der Waals surface area (Å²) in [7, 11) is 0. The molecule has 2 unspecified atom stereocenters. The average Bonchev–Trinajstić information content (AvgIpc) is 2.79. The molecule has 0 aliphatic heterocycles. The van der Waals surface area contributed by atoms with Crippen LogP contribution in [0.1, 0.15) is 43.7 Å². The van der Waals surface area contributed by atoms with Gasteiger partial charge in [0, 0.05) is 6.04 Å². The Morgan fingerprint density at radius 1 is 1.24 bits per heavy atom. The van der Waals surface area contributed by atoms with Gasteiger partial charge in [-0.15, -0.1) is 0 Å². The van der Waals surface area contributed by atoms with Crippen molar-refractivity contribution in [3.63, 3.8) is 0 Å². The van der Waals surface area contributed by atoms with E-state index in [1.807, 2.05) is 0 Å². The summed E-state index contributed by atoms with van der Waals surface area (Å²) in [5, 5.41) is 3.76. The third kappa shape index (κ3) is 3.32. The topological polar surface area (TPSA) is 12.0 Å². The molecule has 0 spiro atoms. The quantitative estimate of drug-likeness (QED) is 0.814. The van der Waals surface area contributed by atoms with E-state index in [-0.39, 0.29) is 0 Å². The molecule has 1 aliphatic rings. The first-order valence-corrected chi connectivity index (χ1v) is 7.09. The van der Waals surface area contributed by atoms with Crippen LogP contribution >= 0.6 is 0 Å². The van der Waals surface area contributed by atoms with Crippen LogP contribution in [0.3, 0.4) is 0 Å². The Morgan fingerprint density at radius 3 is 2.82 bits per heavy atom. The molecular formula is C16H25N. The van der Waals surface area contributed by atoms with Crippen LogP contribution in [0.4, 0.5) is 0 Å². The van der Waals surface area contributed by atoms with Gasteiger partial charge in [-0.1, -0.05) is 44.0 Å². The van der Waals surface area contributed by atoms with E-state index in [0.717, 1.165) is 18.5 Å². The van der Waals surface area contributed by atoms with Gasteiger partial charge < -0.3 is 5.32 Å². The van der Waals surface area contributed by atoms with Crippen LogP contribution in [-0.4, -0.2) is 12.6 Å². The fourth-order valence-corrected chi connectivity index (χ4v) is 3.08. The van der Waals surface area contributed by atoms with Gasteiger partial charge in [-0.2, -0.15) is 0 Å². The highest BCUT2D eigenvalue weighted by atomic mass is 14.9. The molecule has 1 aromatic carbocycles. The number of rotatable bonds is 5. The second-order valence-corrected chi connectivity index (χ2v) is 5.34. The summed E-state index contributed by atoms with van der Waals surface area (Å²) in [6, 6.07) is 9.51. The molecule has 1 heteroatoms. The lowest BCUT2D eigenvalue weighted by Crippen LogP contribution is -2.33. The van der Waals surface area contributed by atoms with Crippen LogP contribution in [0.15, 0.2) is 24.3 Å². The zero-order valence-electron chi connectivity index (χ0n) is 11.2.